The van der Waals surface area contributed by atoms with Gasteiger partial charge in [0.2, 0.25) is 0 Å². The molecule has 0 saturated carbocycles. The highest BCUT2D eigenvalue weighted by Gasteiger charge is 2.13. The van der Waals surface area contributed by atoms with Gasteiger partial charge >= 0.3 is 0 Å². The summed E-state index contributed by atoms with van der Waals surface area (Å²) < 4.78 is 0. The van der Waals surface area contributed by atoms with Gasteiger partial charge in [0.25, 0.3) is 0 Å². The van der Waals surface area contributed by atoms with Gasteiger partial charge in [0.05, 0.1) is 0 Å². The van der Waals surface area contributed by atoms with Gasteiger partial charge in [0, 0.05) is 6.04 Å². The molecule has 17 heavy (non-hydrogen) atoms. The fourth-order valence-electron chi connectivity index (χ4n) is 2.46. The maximum absolute atomic E-state index is 3.64. The Bertz CT molecular complexity index is 144. The summed E-state index contributed by atoms with van der Waals surface area (Å²) in [7, 11) is 0. The highest BCUT2D eigenvalue weighted by atomic mass is 14.9. The summed E-state index contributed by atoms with van der Waals surface area (Å²) in [6, 6.07) is 0.751. The second-order valence-corrected chi connectivity index (χ2v) is 5.46. The van der Waals surface area contributed by atoms with Gasteiger partial charge < -0.3 is 5.32 Å². The average Bonchev–Trinajstić information content (AvgIpc) is 2.35. The Kier molecular flexibility index (Phi) is 12.4. The molecule has 0 fully saturated rings. The van der Waals surface area contributed by atoms with E-state index in [2.05, 4.69) is 33.0 Å². The molecule has 0 aliphatic rings. The molecular formula is C16H35N. The molecule has 0 aliphatic carbocycles. The summed E-state index contributed by atoms with van der Waals surface area (Å²) in [5.74, 6) is 0.829. The van der Waals surface area contributed by atoms with Gasteiger partial charge in [-0.2, -0.15) is 0 Å². The lowest BCUT2D eigenvalue weighted by Crippen LogP contribution is -2.34. The third-order valence-corrected chi connectivity index (χ3v) is 3.92. The predicted octanol–water partition coefficient (Wildman–Crippen LogP) is 5.15. The maximum Gasteiger partial charge on any atom is 0.00924 e. The van der Waals surface area contributed by atoms with E-state index in [4.69, 9.17) is 0 Å². The SMILES string of the molecule is CCCCCCCCCC(NCC)C(C)CC. The molecule has 0 aromatic rings. The van der Waals surface area contributed by atoms with Crippen molar-refractivity contribution in [3.8, 4) is 0 Å². The van der Waals surface area contributed by atoms with Crippen LogP contribution in [0.2, 0.25) is 0 Å². The van der Waals surface area contributed by atoms with Crippen molar-refractivity contribution in [2.75, 3.05) is 6.54 Å². The largest absolute Gasteiger partial charge is 0.314 e. The number of nitrogens with one attached hydrogen (secondary N) is 1. The van der Waals surface area contributed by atoms with Crippen molar-refractivity contribution < 1.29 is 0 Å². The summed E-state index contributed by atoms with van der Waals surface area (Å²) >= 11 is 0. The number of hydrogen-bond donors (Lipinski definition) is 1. The van der Waals surface area contributed by atoms with Crippen molar-refractivity contribution in [1.29, 1.82) is 0 Å². The highest BCUT2D eigenvalue weighted by molar-refractivity contribution is 4.71. The molecule has 0 radical (unpaired) electrons. The Balaban J connectivity index is 3.47. The van der Waals surface area contributed by atoms with E-state index in [9.17, 15) is 0 Å². The molecule has 2 atom stereocenters. The Morgan fingerprint density at radius 1 is 0.824 bits per heavy atom. The van der Waals surface area contributed by atoms with Crippen LogP contribution in [-0.4, -0.2) is 12.6 Å². The van der Waals surface area contributed by atoms with Gasteiger partial charge in [-0.15, -0.1) is 0 Å². The van der Waals surface area contributed by atoms with Crippen molar-refractivity contribution in [2.45, 2.75) is 91.5 Å². The Morgan fingerprint density at radius 2 is 1.41 bits per heavy atom. The summed E-state index contributed by atoms with van der Waals surface area (Å²) in [4.78, 5) is 0. The highest BCUT2D eigenvalue weighted by Crippen LogP contribution is 2.16. The quantitative estimate of drug-likeness (QED) is 0.466. The lowest BCUT2D eigenvalue weighted by molar-refractivity contribution is 0.342. The second-order valence-electron chi connectivity index (χ2n) is 5.46. The summed E-state index contributed by atoms with van der Waals surface area (Å²) in [5, 5.41) is 3.64. The Hall–Kier alpha value is -0.0400. The summed E-state index contributed by atoms with van der Waals surface area (Å²) in [6.07, 6.45) is 12.6. The number of hydrogen-bond acceptors (Lipinski definition) is 1. The summed E-state index contributed by atoms with van der Waals surface area (Å²) in [5.41, 5.74) is 0. The molecule has 104 valence electrons. The zero-order valence-corrected chi connectivity index (χ0v) is 12.7. The molecule has 0 saturated heterocycles. The normalized spacial score (nSPS) is 14.8. The molecular weight excluding hydrogens is 206 g/mol. The van der Waals surface area contributed by atoms with E-state index in [0.717, 1.165) is 18.5 Å². The average molecular weight is 241 g/mol. The standard InChI is InChI=1S/C16H35N/c1-5-8-9-10-11-12-13-14-16(17-7-3)15(4)6-2/h15-17H,5-14H2,1-4H3. The van der Waals surface area contributed by atoms with Crippen LogP contribution in [0.25, 0.3) is 0 Å². The van der Waals surface area contributed by atoms with Gasteiger partial charge in [0.1, 0.15) is 0 Å². The first-order chi connectivity index (χ1) is 8.26. The van der Waals surface area contributed by atoms with Crippen LogP contribution in [-0.2, 0) is 0 Å². The van der Waals surface area contributed by atoms with Crippen molar-refractivity contribution in [3.63, 3.8) is 0 Å². The van der Waals surface area contributed by atoms with Crippen LogP contribution in [0.4, 0.5) is 0 Å². The van der Waals surface area contributed by atoms with Gasteiger partial charge in [-0.05, 0) is 18.9 Å². The molecule has 0 aromatic carbocycles. The van der Waals surface area contributed by atoms with Gasteiger partial charge in [-0.1, -0.05) is 79.1 Å². The second kappa shape index (κ2) is 12.4. The fourth-order valence-corrected chi connectivity index (χ4v) is 2.46. The van der Waals surface area contributed by atoms with E-state index in [1.54, 1.807) is 0 Å². The minimum atomic E-state index is 0.751. The fraction of sp³-hybridized carbons (Fsp3) is 1.00. The first-order valence-corrected chi connectivity index (χ1v) is 7.99. The van der Waals surface area contributed by atoms with E-state index < -0.39 is 0 Å². The van der Waals surface area contributed by atoms with Gasteiger partial charge in [0.15, 0.2) is 0 Å². The van der Waals surface area contributed by atoms with Crippen LogP contribution < -0.4 is 5.32 Å². The molecule has 1 nitrogen and oxygen atoms in total. The maximum atomic E-state index is 3.64. The minimum absolute atomic E-state index is 0.751. The van der Waals surface area contributed by atoms with Crippen LogP contribution in [0.15, 0.2) is 0 Å². The van der Waals surface area contributed by atoms with Crippen LogP contribution in [0.3, 0.4) is 0 Å². The monoisotopic (exact) mass is 241 g/mol. The number of rotatable bonds is 12. The number of unbranched alkanes of at least 4 members (excludes halogenated alkanes) is 6. The molecule has 0 amide bonds. The molecule has 2 unspecified atom stereocenters. The first kappa shape index (κ1) is 17.0. The molecule has 1 heteroatoms. The molecule has 0 aliphatic heterocycles. The van der Waals surface area contributed by atoms with Crippen molar-refractivity contribution in [3.05, 3.63) is 0 Å². The molecule has 0 spiro atoms. The van der Waals surface area contributed by atoms with E-state index in [-0.39, 0.29) is 0 Å². The van der Waals surface area contributed by atoms with E-state index >= 15 is 0 Å². The topological polar surface area (TPSA) is 12.0 Å². The lowest BCUT2D eigenvalue weighted by Gasteiger charge is -2.23. The van der Waals surface area contributed by atoms with Crippen LogP contribution >= 0.6 is 0 Å². The van der Waals surface area contributed by atoms with Crippen molar-refractivity contribution >= 4 is 0 Å². The first-order valence-electron chi connectivity index (χ1n) is 7.99. The van der Waals surface area contributed by atoms with E-state index in [0.29, 0.717) is 0 Å². The summed E-state index contributed by atoms with van der Waals surface area (Å²) in [6.45, 7) is 10.3. The molecule has 1 N–H and O–H groups in total. The van der Waals surface area contributed by atoms with Crippen LogP contribution in [0.1, 0.15) is 85.5 Å². The molecule has 0 rings (SSSR count). The zero-order valence-electron chi connectivity index (χ0n) is 12.7. The Labute approximate surface area is 110 Å². The molecule has 0 bridgehead atoms. The van der Waals surface area contributed by atoms with E-state index in [1.807, 2.05) is 0 Å². The van der Waals surface area contributed by atoms with Crippen molar-refractivity contribution in [1.82, 2.24) is 5.32 Å². The zero-order chi connectivity index (χ0) is 12.9. The lowest BCUT2D eigenvalue weighted by atomic mass is 9.93. The predicted molar refractivity (Wildman–Crippen MR) is 79.5 cm³/mol. The third kappa shape index (κ3) is 9.64. The van der Waals surface area contributed by atoms with E-state index in [1.165, 1.54) is 57.8 Å². The van der Waals surface area contributed by atoms with Gasteiger partial charge in [-0.25, -0.2) is 0 Å². The van der Waals surface area contributed by atoms with Crippen LogP contribution in [0, 0.1) is 5.92 Å². The van der Waals surface area contributed by atoms with Crippen molar-refractivity contribution in [2.24, 2.45) is 5.92 Å². The minimum Gasteiger partial charge on any atom is -0.314 e. The Morgan fingerprint density at radius 3 is 1.94 bits per heavy atom. The third-order valence-electron chi connectivity index (χ3n) is 3.92. The van der Waals surface area contributed by atoms with Crippen LogP contribution in [0.5, 0.6) is 0 Å². The molecule has 0 heterocycles. The molecule has 0 aromatic heterocycles. The smallest absolute Gasteiger partial charge is 0.00924 e. The van der Waals surface area contributed by atoms with Gasteiger partial charge in [-0.3, -0.25) is 0 Å².